The van der Waals surface area contributed by atoms with E-state index in [-0.39, 0.29) is 30.0 Å². The Bertz CT molecular complexity index is 552. The van der Waals surface area contributed by atoms with Gasteiger partial charge in [0.25, 0.3) is 0 Å². The van der Waals surface area contributed by atoms with Crippen LogP contribution in [0, 0.1) is 0 Å². The molecule has 0 unspecified atom stereocenters. The molecule has 0 aliphatic carbocycles. The lowest BCUT2D eigenvalue weighted by atomic mass is 9.86. The number of hydrogen-bond acceptors (Lipinski definition) is 6. The van der Waals surface area contributed by atoms with Crippen LogP contribution in [-0.4, -0.2) is 33.7 Å². The van der Waals surface area contributed by atoms with Gasteiger partial charge in [0, 0.05) is 17.1 Å². The van der Waals surface area contributed by atoms with E-state index in [9.17, 15) is 14.7 Å². The second-order valence-electron chi connectivity index (χ2n) is 5.94. The number of rotatable bonds is 8. The number of hydrogen-bond donors (Lipinski definition) is 2. The van der Waals surface area contributed by atoms with E-state index < -0.39 is 5.97 Å². The lowest BCUT2D eigenvalue weighted by Gasteiger charge is -2.22. The predicted octanol–water partition coefficient (Wildman–Crippen LogP) is 3.84. The van der Waals surface area contributed by atoms with Gasteiger partial charge < -0.3 is 14.9 Å². The highest BCUT2D eigenvalue weighted by Crippen LogP contribution is 2.34. The van der Waals surface area contributed by atoms with Crippen molar-refractivity contribution in [2.75, 3.05) is 11.5 Å². The molecule has 0 fully saturated rings. The van der Waals surface area contributed by atoms with Gasteiger partial charge in [-0.15, -0.1) is 0 Å². The molecule has 128 valence electrons. The molecule has 0 spiro atoms. The summed E-state index contributed by atoms with van der Waals surface area (Å²) in [6.45, 7) is 5.94. The Morgan fingerprint density at radius 2 is 1.74 bits per heavy atom. The molecule has 0 aromatic heterocycles. The summed E-state index contributed by atoms with van der Waals surface area (Å²) in [6, 6.07) is 4.70. The van der Waals surface area contributed by atoms with Crippen molar-refractivity contribution in [3.63, 3.8) is 0 Å². The molecule has 0 amide bonds. The molecule has 0 bridgehead atoms. The minimum atomic E-state index is -0.820. The van der Waals surface area contributed by atoms with Crippen LogP contribution in [0.3, 0.4) is 0 Å². The van der Waals surface area contributed by atoms with Crippen LogP contribution in [0.1, 0.15) is 39.2 Å². The molecule has 1 aromatic rings. The first-order valence-corrected chi connectivity index (χ1v) is 9.69. The van der Waals surface area contributed by atoms with Crippen molar-refractivity contribution < 1.29 is 24.5 Å². The maximum absolute atomic E-state index is 11.9. The van der Waals surface area contributed by atoms with Gasteiger partial charge in [0.1, 0.15) is 11.5 Å². The maximum Gasteiger partial charge on any atom is 0.312 e. The van der Waals surface area contributed by atoms with Gasteiger partial charge in [-0.2, -0.15) is 0 Å². The minimum absolute atomic E-state index is 0.116. The fourth-order valence-corrected chi connectivity index (χ4v) is 3.69. The standard InChI is InChI=1S/C16H22O5S2/c1-16(2,3)12-10-11(17)4-5-13(12)21-15(20)7-9-23-22-8-6-14(18)19/h4-5,10,17H,6-9H2,1-3H3,(H,18,19). The summed E-state index contributed by atoms with van der Waals surface area (Å²) in [5.41, 5.74) is 0.518. The summed E-state index contributed by atoms with van der Waals surface area (Å²) < 4.78 is 5.41. The van der Waals surface area contributed by atoms with Gasteiger partial charge >= 0.3 is 11.9 Å². The molecule has 7 heteroatoms. The normalized spacial score (nSPS) is 11.3. The quantitative estimate of drug-likeness (QED) is 0.316. The average molecular weight is 358 g/mol. The zero-order valence-electron chi connectivity index (χ0n) is 13.5. The number of aromatic hydroxyl groups is 1. The fourth-order valence-electron chi connectivity index (χ4n) is 1.74. The number of ether oxygens (including phenoxy) is 1. The topological polar surface area (TPSA) is 83.8 Å². The van der Waals surface area contributed by atoms with Crippen LogP contribution in [0.15, 0.2) is 18.2 Å². The van der Waals surface area contributed by atoms with E-state index in [1.807, 2.05) is 20.8 Å². The van der Waals surface area contributed by atoms with Crippen molar-refractivity contribution in [2.45, 2.75) is 39.0 Å². The summed E-state index contributed by atoms with van der Waals surface area (Å²) in [6.07, 6.45) is 0.361. The Labute approximate surface area is 144 Å². The summed E-state index contributed by atoms with van der Waals surface area (Å²) in [7, 11) is 2.89. The first-order valence-electron chi connectivity index (χ1n) is 7.20. The fraction of sp³-hybridized carbons (Fsp3) is 0.500. The Balaban J connectivity index is 2.47. The highest BCUT2D eigenvalue weighted by molar-refractivity contribution is 8.76. The minimum Gasteiger partial charge on any atom is -0.508 e. The van der Waals surface area contributed by atoms with Gasteiger partial charge in [-0.3, -0.25) is 9.59 Å². The third kappa shape index (κ3) is 7.65. The number of esters is 1. The zero-order valence-corrected chi connectivity index (χ0v) is 15.1. The molecule has 0 saturated carbocycles. The van der Waals surface area contributed by atoms with E-state index in [4.69, 9.17) is 9.84 Å². The van der Waals surface area contributed by atoms with Gasteiger partial charge in [-0.05, 0) is 23.6 Å². The molecular weight excluding hydrogens is 336 g/mol. The molecule has 2 N–H and O–H groups in total. The Hall–Kier alpha value is -1.34. The average Bonchev–Trinajstić information content (AvgIpc) is 2.43. The molecule has 1 rings (SSSR count). The molecule has 0 aliphatic heterocycles. The van der Waals surface area contributed by atoms with E-state index >= 15 is 0 Å². The lowest BCUT2D eigenvalue weighted by Crippen LogP contribution is -2.16. The van der Waals surface area contributed by atoms with Crippen molar-refractivity contribution in [3.8, 4) is 11.5 Å². The van der Waals surface area contributed by atoms with Crippen LogP contribution >= 0.6 is 21.6 Å². The molecule has 0 heterocycles. The Morgan fingerprint density at radius 1 is 1.13 bits per heavy atom. The van der Waals surface area contributed by atoms with Gasteiger partial charge in [-0.1, -0.05) is 42.4 Å². The third-order valence-corrected chi connectivity index (χ3v) is 5.28. The second-order valence-corrected chi connectivity index (χ2v) is 8.64. The van der Waals surface area contributed by atoms with Crippen LogP contribution in [-0.2, 0) is 15.0 Å². The molecule has 0 atom stereocenters. The van der Waals surface area contributed by atoms with Gasteiger partial charge in [0.05, 0.1) is 12.8 Å². The van der Waals surface area contributed by atoms with Gasteiger partial charge in [0.2, 0.25) is 0 Å². The van der Waals surface area contributed by atoms with Crippen molar-refractivity contribution in [3.05, 3.63) is 23.8 Å². The van der Waals surface area contributed by atoms with Crippen LogP contribution in [0.5, 0.6) is 11.5 Å². The molecular formula is C16H22O5S2. The monoisotopic (exact) mass is 358 g/mol. The highest BCUT2D eigenvalue weighted by atomic mass is 33.1. The number of benzene rings is 1. The number of carbonyl (C=O) groups is 2. The summed E-state index contributed by atoms with van der Waals surface area (Å²) in [5, 5.41) is 18.1. The maximum atomic E-state index is 11.9. The molecule has 0 radical (unpaired) electrons. The first kappa shape index (κ1) is 19.7. The van der Waals surface area contributed by atoms with Crippen molar-refractivity contribution >= 4 is 33.5 Å². The van der Waals surface area contributed by atoms with Crippen LogP contribution in [0.4, 0.5) is 0 Å². The van der Waals surface area contributed by atoms with Gasteiger partial charge in [0.15, 0.2) is 0 Å². The van der Waals surface area contributed by atoms with E-state index in [0.717, 1.165) is 5.56 Å². The lowest BCUT2D eigenvalue weighted by molar-refractivity contribution is -0.136. The van der Waals surface area contributed by atoms with Gasteiger partial charge in [-0.25, -0.2) is 0 Å². The van der Waals surface area contributed by atoms with E-state index in [1.165, 1.54) is 27.7 Å². The highest BCUT2D eigenvalue weighted by Gasteiger charge is 2.21. The van der Waals surface area contributed by atoms with E-state index in [1.54, 1.807) is 12.1 Å². The molecule has 0 saturated heterocycles. The third-order valence-electron chi connectivity index (χ3n) is 2.87. The summed E-state index contributed by atoms with van der Waals surface area (Å²) >= 11 is 0. The molecule has 1 aromatic carbocycles. The van der Waals surface area contributed by atoms with Crippen LogP contribution in [0.2, 0.25) is 0 Å². The largest absolute Gasteiger partial charge is 0.508 e. The van der Waals surface area contributed by atoms with Crippen LogP contribution in [0.25, 0.3) is 0 Å². The van der Waals surface area contributed by atoms with Crippen LogP contribution < -0.4 is 4.74 Å². The Morgan fingerprint density at radius 3 is 2.30 bits per heavy atom. The molecule has 5 nitrogen and oxygen atoms in total. The second kappa shape index (κ2) is 9.08. The van der Waals surface area contributed by atoms with E-state index in [0.29, 0.717) is 17.3 Å². The zero-order chi connectivity index (χ0) is 17.5. The Kier molecular flexibility index (Phi) is 7.78. The first-order chi connectivity index (χ1) is 10.7. The number of phenolic OH excluding ortho intramolecular Hbond substituents is 1. The summed E-state index contributed by atoms with van der Waals surface area (Å²) in [5.74, 6) is 0.517. The predicted molar refractivity (Wildman–Crippen MR) is 94.2 cm³/mol. The van der Waals surface area contributed by atoms with Crippen molar-refractivity contribution in [2.24, 2.45) is 0 Å². The molecule has 0 aliphatic rings. The number of carboxylic acid groups (broad SMARTS) is 1. The number of carboxylic acids is 1. The number of phenols is 1. The van der Waals surface area contributed by atoms with Crippen molar-refractivity contribution in [1.82, 2.24) is 0 Å². The smallest absolute Gasteiger partial charge is 0.312 e. The number of aliphatic carboxylic acids is 1. The SMILES string of the molecule is CC(C)(C)c1cc(O)ccc1OC(=O)CCSSCCC(=O)O. The molecule has 23 heavy (non-hydrogen) atoms. The van der Waals surface area contributed by atoms with Crippen molar-refractivity contribution in [1.29, 1.82) is 0 Å². The van der Waals surface area contributed by atoms with E-state index in [2.05, 4.69) is 0 Å². The number of carbonyl (C=O) groups excluding carboxylic acids is 1. The summed E-state index contributed by atoms with van der Waals surface area (Å²) in [4.78, 5) is 22.3.